The van der Waals surface area contributed by atoms with Gasteiger partial charge in [0.25, 0.3) is 5.89 Å². The van der Waals surface area contributed by atoms with Gasteiger partial charge in [-0.25, -0.2) is 4.39 Å². The van der Waals surface area contributed by atoms with Crippen molar-refractivity contribution in [1.82, 2.24) is 10.1 Å². The molecular weight excluding hydrogens is 269 g/mol. The summed E-state index contributed by atoms with van der Waals surface area (Å²) in [5.74, 6) is 0.483. The van der Waals surface area contributed by atoms with Gasteiger partial charge in [0.1, 0.15) is 5.82 Å². The van der Waals surface area contributed by atoms with E-state index in [2.05, 4.69) is 15.5 Å². The quantitative estimate of drug-likeness (QED) is 0.792. The Bertz CT molecular complexity index is 765. The van der Waals surface area contributed by atoms with E-state index in [1.165, 1.54) is 12.1 Å². The first-order valence-corrected chi connectivity index (χ1v) is 6.56. The third-order valence-corrected chi connectivity index (χ3v) is 3.29. The van der Waals surface area contributed by atoms with Crippen LogP contribution in [0.5, 0.6) is 0 Å². The summed E-state index contributed by atoms with van der Waals surface area (Å²) >= 11 is 0. The number of aryl methyl sites for hydroxylation is 1. The van der Waals surface area contributed by atoms with E-state index in [0.29, 0.717) is 17.3 Å². The van der Waals surface area contributed by atoms with Crippen LogP contribution < -0.4 is 5.32 Å². The zero-order valence-electron chi connectivity index (χ0n) is 11.7. The molecular formula is C16H14FN3O. The van der Waals surface area contributed by atoms with E-state index in [1.54, 1.807) is 6.07 Å². The van der Waals surface area contributed by atoms with Crippen molar-refractivity contribution in [3.63, 3.8) is 0 Å². The van der Waals surface area contributed by atoms with E-state index in [4.69, 9.17) is 4.52 Å². The first-order valence-electron chi connectivity index (χ1n) is 6.56. The maximum Gasteiger partial charge on any atom is 0.258 e. The third kappa shape index (κ3) is 2.63. The molecule has 0 aliphatic carbocycles. The van der Waals surface area contributed by atoms with Gasteiger partial charge in [0.15, 0.2) is 0 Å². The third-order valence-electron chi connectivity index (χ3n) is 3.29. The van der Waals surface area contributed by atoms with E-state index in [9.17, 15) is 4.39 Å². The lowest BCUT2D eigenvalue weighted by Crippen LogP contribution is -1.88. The van der Waals surface area contributed by atoms with Gasteiger partial charge in [0.05, 0.1) is 0 Å². The summed E-state index contributed by atoms with van der Waals surface area (Å²) in [7, 11) is 1.85. The normalized spacial score (nSPS) is 10.6. The molecule has 21 heavy (non-hydrogen) atoms. The molecule has 0 atom stereocenters. The zero-order chi connectivity index (χ0) is 14.8. The SMILES string of the molecule is CNc1ccc(-c2nc(-c3cc(F)ccc3C)no2)cc1. The Morgan fingerprint density at radius 1 is 1.10 bits per heavy atom. The van der Waals surface area contributed by atoms with Crippen LogP contribution in [0.4, 0.5) is 10.1 Å². The predicted octanol–water partition coefficient (Wildman–Crippen LogP) is 3.89. The Balaban J connectivity index is 1.97. The number of halogens is 1. The van der Waals surface area contributed by atoms with Gasteiger partial charge in [0.2, 0.25) is 5.82 Å². The second-order valence-electron chi connectivity index (χ2n) is 4.71. The minimum atomic E-state index is -0.319. The van der Waals surface area contributed by atoms with Crippen molar-refractivity contribution in [1.29, 1.82) is 0 Å². The summed E-state index contributed by atoms with van der Waals surface area (Å²) in [4.78, 5) is 4.34. The molecule has 0 saturated heterocycles. The van der Waals surface area contributed by atoms with Crippen LogP contribution in [-0.4, -0.2) is 17.2 Å². The second kappa shape index (κ2) is 5.36. The number of hydrogen-bond donors (Lipinski definition) is 1. The summed E-state index contributed by atoms with van der Waals surface area (Å²) < 4.78 is 18.6. The highest BCUT2D eigenvalue weighted by molar-refractivity contribution is 5.64. The number of hydrogen-bond acceptors (Lipinski definition) is 4. The van der Waals surface area contributed by atoms with Crippen LogP contribution in [0.2, 0.25) is 0 Å². The van der Waals surface area contributed by atoms with Crippen molar-refractivity contribution < 1.29 is 8.91 Å². The van der Waals surface area contributed by atoms with E-state index in [0.717, 1.165) is 16.8 Å². The highest BCUT2D eigenvalue weighted by Crippen LogP contribution is 2.25. The summed E-state index contributed by atoms with van der Waals surface area (Å²) in [5, 5.41) is 6.98. The number of aromatic nitrogens is 2. The molecule has 0 spiro atoms. The Labute approximate surface area is 121 Å². The van der Waals surface area contributed by atoms with Gasteiger partial charge < -0.3 is 9.84 Å². The minimum absolute atomic E-state index is 0.319. The molecule has 0 bridgehead atoms. The molecule has 3 rings (SSSR count). The van der Waals surface area contributed by atoms with E-state index in [1.807, 2.05) is 38.2 Å². The van der Waals surface area contributed by atoms with Gasteiger partial charge in [-0.3, -0.25) is 0 Å². The molecule has 0 fully saturated rings. The molecule has 3 aromatic rings. The van der Waals surface area contributed by atoms with Crippen molar-refractivity contribution >= 4 is 5.69 Å². The number of benzene rings is 2. The molecule has 0 unspecified atom stereocenters. The van der Waals surface area contributed by atoms with Gasteiger partial charge in [-0.1, -0.05) is 11.2 Å². The van der Waals surface area contributed by atoms with Crippen molar-refractivity contribution in [3.05, 3.63) is 53.8 Å². The van der Waals surface area contributed by atoms with Gasteiger partial charge in [-0.2, -0.15) is 4.98 Å². The van der Waals surface area contributed by atoms with E-state index in [-0.39, 0.29) is 5.82 Å². The zero-order valence-corrected chi connectivity index (χ0v) is 11.7. The number of anilines is 1. The number of nitrogens with one attached hydrogen (secondary N) is 1. The highest BCUT2D eigenvalue weighted by atomic mass is 19.1. The molecule has 0 radical (unpaired) electrons. The van der Waals surface area contributed by atoms with Crippen LogP contribution in [0.3, 0.4) is 0 Å². The fourth-order valence-electron chi connectivity index (χ4n) is 2.06. The average Bonchev–Trinajstić information content (AvgIpc) is 2.99. The first kappa shape index (κ1) is 13.3. The maximum atomic E-state index is 13.4. The molecule has 4 nitrogen and oxygen atoms in total. The standard InChI is InChI=1S/C16H14FN3O/c1-10-3-6-12(17)9-14(10)15-19-16(21-20-15)11-4-7-13(18-2)8-5-11/h3-9,18H,1-2H3. The first-order chi connectivity index (χ1) is 10.2. The molecule has 5 heteroatoms. The molecule has 0 saturated carbocycles. The number of rotatable bonds is 3. The molecule has 1 heterocycles. The van der Waals surface area contributed by atoms with Crippen molar-refractivity contribution in [2.24, 2.45) is 0 Å². The van der Waals surface area contributed by atoms with Crippen LogP contribution in [0.15, 0.2) is 47.0 Å². The molecule has 2 aromatic carbocycles. The molecule has 0 amide bonds. The van der Waals surface area contributed by atoms with Gasteiger partial charge >= 0.3 is 0 Å². The Morgan fingerprint density at radius 3 is 2.57 bits per heavy atom. The van der Waals surface area contributed by atoms with Crippen LogP contribution in [0, 0.1) is 12.7 Å². The molecule has 1 aromatic heterocycles. The largest absolute Gasteiger partial charge is 0.388 e. The topological polar surface area (TPSA) is 51.0 Å². The molecule has 106 valence electrons. The molecule has 1 N–H and O–H groups in total. The lowest BCUT2D eigenvalue weighted by molar-refractivity contribution is 0.432. The maximum absolute atomic E-state index is 13.4. The Morgan fingerprint density at radius 2 is 1.86 bits per heavy atom. The van der Waals surface area contributed by atoms with E-state index >= 15 is 0 Å². The lowest BCUT2D eigenvalue weighted by Gasteiger charge is -2.00. The van der Waals surface area contributed by atoms with Crippen LogP contribution in [0.25, 0.3) is 22.8 Å². The van der Waals surface area contributed by atoms with Gasteiger partial charge in [-0.15, -0.1) is 0 Å². The fourth-order valence-corrected chi connectivity index (χ4v) is 2.06. The molecule has 0 aliphatic heterocycles. The Kier molecular flexibility index (Phi) is 3.39. The smallest absolute Gasteiger partial charge is 0.258 e. The van der Waals surface area contributed by atoms with Crippen molar-refractivity contribution in [3.8, 4) is 22.8 Å². The summed E-state index contributed by atoms with van der Waals surface area (Å²) in [5.41, 5.74) is 3.35. The summed E-state index contributed by atoms with van der Waals surface area (Å²) in [6.45, 7) is 1.88. The van der Waals surface area contributed by atoms with Crippen LogP contribution in [0.1, 0.15) is 5.56 Å². The summed E-state index contributed by atoms with van der Waals surface area (Å²) in [6.07, 6.45) is 0. The fraction of sp³-hybridized carbons (Fsp3) is 0.125. The second-order valence-corrected chi connectivity index (χ2v) is 4.71. The lowest BCUT2D eigenvalue weighted by atomic mass is 10.1. The van der Waals surface area contributed by atoms with Gasteiger partial charge in [0, 0.05) is 23.9 Å². The van der Waals surface area contributed by atoms with E-state index < -0.39 is 0 Å². The Hall–Kier alpha value is -2.69. The van der Waals surface area contributed by atoms with Crippen LogP contribution in [-0.2, 0) is 0 Å². The van der Waals surface area contributed by atoms with Crippen LogP contribution >= 0.6 is 0 Å². The average molecular weight is 283 g/mol. The predicted molar refractivity (Wildman–Crippen MR) is 79.4 cm³/mol. The number of nitrogens with zero attached hydrogens (tertiary/aromatic N) is 2. The highest BCUT2D eigenvalue weighted by Gasteiger charge is 2.13. The van der Waals surface area contributed by atoms with Crippen molar-refractivity contribution in [2.75, 3.05) is 12.4 Å². The monoisotopic (exact) mass is 283 g/mol. The summed E-state index contributed by atoms with van der Waals surface area (Å²) in [6, 6.07) is 12.1. The minimum Gasteiger partial charge on any atom is -0.388 e. The van der Waals surface area contributed by atoms with Crippen molar-refractivity contribution in [2.45, 2.75) is 6.92 Å². The van der Waals surface area contributed by atoms with Gasteiger partial charge in [-0.05, 0) is 48.9 Å². The molecule has 0 aliphatic rings.